The summed E-state index contributed by atoms with van der Waals surface area (Å²) >= 11 is 0. The fourth-order valence-corrected chi connectivity index (χ4v) is 1.99. The number of anilines is 1. The van der Waals surface area contributed by atoms with E-state index >= 15 is 0 Å². The third-order valence-corrected chi connectivity index (χ3v) is 2.95. The molecule has 0 saturated carbocycles. The highest BCUT2D eigenvalue weighted by Gasteiger charge is 2.19. The molecule has 2 aromatic rings. The average Bonchev–Trinajstić information content (AvgIpc) is 2.46. The number of halogens is 1. The van der Waals surface area contributed by atoms with Crippen LogP contribution in [0.2, 0.25) is 0 Å². The van der Waals surface area contributed by atoms with Crippen LogP contribution < -0.4 is 10.4 Å². The maximum absolute atomic E-state index is 13.1. The predicted octanol–water partition coefficient (Wildman–Crippen LogP) is 4.27. The minimum absolute atomic E-state index is 0.328. The molecule has 122 valence electrons. The van der Waals surface area contributed by atoms with Crippen LogP contribution in [-0.2, 0) is 11.3 Å². The lowest BCUT2D eigenvalue weighted by atomic mass is 10.2. The van der Waals surface area contributed by atoms with Gasteiger partial charge in [-0.05, 0) is 50.6 Å². The molecule has 1 amide bonds. The molecule has 0 bridgehead atoms. The fraction of sp³-hybridized carbons (Fsp3) is 0.278. The zero-order valence-electron chi connectivity index (χ0n) is 13.5. The fourth-order valence-electron chi connectivity index (χ4n) is 1.99. The minimum atomic E-state index is -0.592. The first-order valence-corrected chi connectivity index (χ1v) is 7.40. The monoisotopic (exact) mass is 316 g/mol. The molecule has 2 aromatic carbocycles. The van der Waals surface area contributed by atoms with Crippen molar-refractivity contribution in [3.63, 3.8) is 0 Å². The summed E-state index contributed by atoms with van der Waals surface area (Å²) in [4.78, 5) is 12.1. The van der Waals surface area contributed by atoms with Crippen molar-refractivity contribution in [1.29, 1.82) is 0 Å². The molecule has 0 aliphatic carbocycles. The Morgan fingerprint density at radius 1 is 1.09 bits per heavy atom. The molecule has 2 rings (SSSR count). The van der Waals surface area contributed by atoms with E-state index in [0.29, 0.717) is 12.2 Å². The van der Waals surface area contributed by atoms with Crippen LogP contribution in [0.1, 0.15) is 26.3 Å². The molecule has 0 saturated heterocycles. The van der Waals surface area contributed by atoms with Gasteiger partial charge in [-0.3, -0.25) is 5.01 Å². The number of nitrogens with zero attached hydrogens (tertiary/aromatic N) is 1. The molecule has 0 fully saturated rings. The SMILES string of the molecule is CC(C)(C)OC(=O)NN(Cc1ccccc1)c1ccc(F)cc1. The summed E-state index contributed by atoms with van der Waals surface area (Å²) in [7, 11) is 0. The van der Waals surface area contributed by atoms with E-state index in [0.717, 1.165) is 5.56 Å². The molecule has 1 N–H and O–H groups in total. The van der Waals surface area contributed by atoms with E-state index in [-0.39, 0.29) is 5.82 Å². The molecular formula is C18H21FN2O2. The van der Waals surface area contributed by atoms with Gasteiger partial charge in [-0.15, -0.1) is 0 Å². The number of carbonyl (C=O) groups is 1. The van der Waals surface area contributed by atoms with E-state index in [9.17, 15) is 9.18 Å². The van der Waals surface area contributed by atoms with Gasteiger partial charge in [0.15, 0.2) is 0 Å². The second kappa shape index (κ2) is 7.13. The molecule has 0 spiro atoms. The second-order valence-electron chi connectivity index (χ2n) is 6.16. The summed E-state index contributed by atoms with van der Waals surface area (Å²) in [6, 6.07) is 15.6. The van der Waals surface area contributed by atoms with Crippen molar-refractivity contribution >= 4 is 11.8 Å². The Morgan fingerprint density at radius 3 is 2.26 bits per heavy atom. The van der Waals surface area contributed by atoms with E-state index in [1.54, 1.807) is 37.9 Å². The number of benzene rings is 2. The quantitative estimate of drug-likeness (QED) is 0.856. The van der Waals surface area contributed by atoms with E-state index < -0.39 is 11.7 Å². The molecule has 0 aromatic heterocycles. The van der Waals surface area contributed by atoms with Gasteiger partial charge in [-0.2, -0.15) is 0 Å². The molecule has 0 atom stereocenters. The van der Waals surface area contributed by atoms with Gasteiger partial charge in [0.05, 0.1) is 12.2 Å². The van der Waals surface area contributed by atoms with Crippen molar-refractivity contribution in [1.82, 2.24) is 5.43 Å². The Labute approximate surface area is 135 Å². The van der Waals surface area contributed by atoms with Gasteiger partial charge in [-0.1, -0.05) is 30.3 Å². The largest absolute Gasteiger partial charge is 0.443 e. The highest BCUT2D eigenvalue weighted by atomic mass is 19.1. The zero-order chi connectivity index (χ0) is 16.9. The molecule has 0 heterocycles. The smallest absolute Gasteiger partial charge is 0.426 e. The Hall–Kier alpha value is -2.56. The molecule has 0 aliphatic rings. The van der Waals surface area contributed by atoms with Crippen LogP contribution in [0.15, 0.2) is 54.6 Å². The van der Waals surface area contributed by atoms with E-state index in [2.05, 4.69) is 5.43 Å². The van der Waals surface area contributed by atoms with Gasteiger partial charge in [0.2, 0.25) is 0 Å². The molecule has 5 heteroatoms. The highest BCUT2D eigenvalue weighted by molar-refractivity contribution is 5.70. The summed E-state index contributed by atoms with van der Waals surface area (Å²) in [5.74, 6) is -0.328. The lowest BCUT2D eigenvalue weighted by molar-refractivity contribution is 0.0520. The normalized spacial score (nSPS) is 11.0. The molecule has 0 unspecified atom stereocenters. The number of rotatable bonds is 4. The lowest BCUT2D eigenvalue weighted by Gasteiger charge is -2.27. The van der Waals surface area contributed by atoms with Crippen molar-refractivity contribution in [2.75, 3.05) is 5.01 Å². The second-order valence-corrected chi connectivity index (χ2v) is 6.16. The Balaban J connectivity index is 2.17. The summed E-state index contributed by atoms with van der Waals surface area (Å²) in [5, 5.41) is 1.63. The number of hydrogen-bond acceptors (Lipinski definition) is 3. The standard InChI is InChI=1S/C18H21FN2O2/c1-18(2,3)23-17(22)20-21(13-14-7-5-4-6-8-14)16-11-9-15(19)10-12-16/h4-12H,13H2,1-3H3,(H,20,22). The van der Waals surface area contributed by atoms with Crippen LogP contribution in [0.3, 0.4) is 0 Å². The first-order valence-electron chi connectivity index (χ1n) is 7.40. The summed E-state index contributed by atoms with van der Waals surface area (Å²) < 4.78 is 18.4. The van der Waals surface area contributed by atoms with Crippen LogP contribution in [0.5, 0.6) is 0 Å². The topological polar surface area (TPSA) is 41.6 Å². The maximum Gasteiger partial charge on any atom is 0.426 e. The van der Waals surface area contributed by atoms with Crippen LogP contribution >= 0.6 is 0 Å². The van der Waals surface area contributed by atoms with Crippen LogP contribution in [-0.4, -0.2) is 11.7 Å². The molecule has 0 radical (unpaired) electrons. The molecule has 0 aliphatic heterocycles. The number of amides is 1. The van der Waals surface area contributed by atoms with Crippen LogP contribution in [0.25, 0.3) is 0 Å². The third kappa shape index (κ3) is 5.62. The lowest BCUT2D eigenvalue weighted by Crippen LogP contribution is -2.44. The number of nitrogens with one attached hydrogen (secondary N) is 1. The summed E-state index contributed by atoms with van der Waals surface area (Å²) in [5.41, 5.74) is 3.79. The van der Waals surface area contributed by atoms with Crippen molar-refractivity contribution in [3.8, 4) is 0 Å². The zero-order valence-corrected chi connectivity index (χ0v) is 13.5. The van der Waals surface area contributed by atoms with Gasteiger partial charge in [0.25, 0.3) is 0 Å². The minimum Gasteiger partial charge on any atom is -0.443 e. The van der Waals surface area contributed by atoms with Crippen molar-refractivity contribution < 1.29 is 13.9 Å². The van der Waals surface area contributed by atoms with Crippen molar-refractivity contribution in [3.05, 3.63) is 66.0 Å². The predicted molar refractivity (Wildman–Crippen MR) is 88.4 cm³/mol. The highest BCUT2D eigenvalue weighted by Crippen LogP contribution is 2.17. The molecule has 4 nitrogen and oxygen atoms in total. The van der Waals surface area contributed by atoms with Crippen LogP contribution in [0.4, 0.5) is 14.9 Å². The van der Waals surface area contributed by atoms with Crippen molar-refractivity contribution in [2.24, 2.45) is 0 Å². The Bertz CT molecular complexity index is 636. The number of hydrogen-bond donors (Lipinski definition) is 1. The number of hydrazine groups is 1. The molecular weight excluding hydrogens is 295 g/mol. The van der Waals surface area contributed by atoms with E-state index in [1.165, 1.54) is 12.1 Å². The van der Waals surface area contributed by atoms with Gasteiger partial charge in [0.1, 0.15) is 11.4 Å². The average molecular weight is 316 g/mol. The van der Waals surface area contributed by atoms with E-state index in [1.807, 2.05) is 30.3 Å². The molecule has 23 heavy (non-hydrogen) atoms. The van der Waals surface area contributed by atoms with Crippen LogP contribution in [0, 0.1) is 5.82 Å². The summed E-state index contributed by atoms with van der Waals surface area (Å²) in [6.07, 6.45) is -0.558. The summed E-state index contributed by atoms with van der Waals surface area (Å²) in [6.45, 7) is 5.83. The Morgan fingerprint density at radius 2 is 1.70 bits per heavy atom. The number of carbonyl (C=O) groups excluding carboxylic acids is 1. The number of ether oxygens (including phenoxy) is 1. The van der Waals surface area contributed by atoms with E-state index in [4.69, 9.17) is 4.74 Å². The van der Waals surface area contributed by atoms with Gasteiger partial charge in [-0.25, -0.2) is 14.6 Å². The first kappa shape index (κ1) is 16.8. The van der Waals surface area contributed by atoms with Crippen molar-refractivity contribution in [2.45, 2.75) is 32.9 Å². The van der Waals surface area contributed by atoms with Gasteiger partial charge in [0, 0.05) is 0 Å². The Kier molecular flexibility index (Phi) is 5.21. The first-order chi connectivity index (χ1) is 10.8. The van der Waals surface area contributed by atoms with Gasteiger partial charge < -0.3 is 4.74 Å². The maximum atomic E-state index is 13.1. The third-order valence-electron chi connectivity index (χ3n) is 2.95. The van der Waals surface area contributed by atoms with Gasteiger partial charge >= 0.3 is 6.09 Å².